The fourth-order valence-electron chi connectivity index (χ4n) is 1.48. The first kappa shape index (κ1) is 12.9. The van der Waals surface area contributed by atoms with Crippen molar-refractivity contribution in [1.29, 1.82) is 0 Å². The normalized spacial score (nSPS) is 13.2. The van der Waals surface area contributed by atoms with Crippen molar-refractivity contribution in [2.24, 2.45) is 5.73 Å². The lowest BCUT2D eigenvalue weighted by molar-refractivity contribution is 0.544. The maximum atomic E-state index is 5.66. The predicted molar refractivity (Wildman–Crippen MR) is 59.9 cm³/mol. The Morgan fingerprint density at radius 1 is 1.00 bits per heavy atom. The van der Waals surface area contributed by atoms with E-state index in [0.29, 0.717) is 6.04 Å². The second kappa shape index (κ2) is 10.0. The van der Waals surface area contributed by atoms with Crippen molar-refractivity contribution in [1.82, 2.24) is 5.32 Å². The Hall–Kier alpha value is -0.0800. The van der Waals surface area contributed by atoms with Crippen LogP contribution in [0.15, 0.2) is 0 Å². The van der Waals surface area contributed by atoms with E-state index in [9.17, 15) is 0 Å². The largest absolute Gasteiger partial charge is 0.328 e. The van der Waals surface area contributed by atoms with Crippen LogP contribution in [-0.2, 0) is 0 Å². The van der Waals surface area contributed by atoms with Crippen molar-refractivity contribution in [2.75, 3.05) is 13.6 Å². The van der Waals surface area contributed by atoms with Crippen LogP contribution in [0.2, 0.25) is 0 Å². The van der Waals surface area contributed by atoms with Gasteiger partial charge >= 0.3 is 0 Å². The summed E-state index contributed by atoms with van der Waals surface area (Å²) >= 11 is 0. The lowest BCUT2D eigenvalue weighted by atomic mass is 10.1. The van der Waals surface area contributed by atoms with E-state index in [1.807, 2.05) is 7.05 Å². The van der Waals surface area contributed by atoms with E-state index in [1.54, 1.807) is 0 Å². The summed E-state index contributed by atoms with van der Waals surface area (Å²) in [5.41, 5.74) is 5.66. The molecule has 0 saturated heterocycles. The maximum absolute atomic E-state index is 5.66. The van der Waals surface area contributed by atoms with Gasteiger partial charge in [0.25, 0.3) is 0 Å². The molecule has 13 heavy (non-hydrogen) atoms. The van der Waals surface area contributed by atoms with Crippen molar-refractivity contribution >= 4 is 0 Å². The van der Waals surface area contributed by atoms with Gasteiger partial charge in [0.2, 0.25) is 0 Å². The molecule has 80 valence electrons. The molecule has 0 aromatic rings. The van der Waals surface area contributed by atoms with Gasteiger partial charge in [-0.2, -0.15) is 0 Å². The first-order valence-corrected chi connectivity index (χ1v) is 5.67. The third-order valence-corrected chi connectivity index (χ3v) is 2.34. The Kier molecular flexibility index (Phi) is 9.94. The van der Waals surface area contributed by atoms with Crippen molar-refractivity contribution in [3.63, 3.8) is 0 Å². The molecule has 2 heteroatoms. The molecule has 0 aromatic carbocycles. The van der Waals surface area contributed by atoms with Crippen molar-refractivity contribution in [2.45, 2.75) is 57.9 Å². The molecule has 0 aliphatic heterocycles. The topological polar surface area (TPSA) is 38.0 Å². The van der Waals surface area contributed by atoms with E-state index in [1.165, 1.54) is 51.5 Å². The van der Waals surface area contributed by atoms with Crippen LogP contribution in [0.1, 0.15) is 51.9 Å². The summed E-state index contributed by atoms with van der Waals surface area (Å²) in [6, 6.07) is 0.393. The zero-order valence-corrected chi connectivity index (χ0v) is 9.31. The average molecular weight is 186 g/mol. The van der Waals surface area contributed by atoms with Crippen LogP contribution in [0.25, 0.3) is 0 Å². The third kappa shape index (κ3) is 11.9. The van der Waals surface area contributed by atoms with Gasteiger partial charge in [0.1, 0.15) is 0 Å². The molecule has 0 aliphatic rings. The fourth-order valence-corrected chi connectivity index (χ4v) is 1.48. The van der Waals surface area contributed by atoms with Crippen LogP contribution in [0.5, 0.6) is 0 Å². The zero-order chi connectivity index (χ0) is 9.94. The lowest BCUT2D eigenvalue weighted by Gasteiger charge is -2.04. The van der Waals surface area contributed by atoms with Crippen LogP contribution >= 0.6 is 0 Å². The molecule has 0 aliphatic carbocycles. The summed E-state index contributed by atoms with van der Waals surface area (Å²) in [5, 5.41) is 3.17. The number of unbranched alkanes of at least 4 members (excludes halogenated alkanes) is 5. The van der Waals surface area contributed by atoms with Gasteiger partial charge in [0.05, 0.1) is 0 Å². The van der Waals surface area contributed by atoms with Gasteiger partial charge in [-0.15, -0.1) is 0 Å². The van der Waals surface area contributed by atoms with E-state index >= 15 is 0 Å². The summed E-state index contributed by atoms with van der Waals surface area (Å²) in [4.78, 5) is 0. The molecule has 0 spiro atoms. The van der Waals surface area contributed by atoms with Crippen LogP contribution < -0.4 is 11.1 Å². The van der Waals surface area contributed by atoms with Gasteiger partial charge in [-0.3, -0.25) is 0 Å². The summed E-state index contributed by atoms with van der Waals surface area (Å²) in [6.45, 7) is 3.26. The Morgan fingerprint density at radius 2 is 1.54 bits per heavy atom. The van der Waals surface area contributed by atoms with E-state index in [2.05, 4.69) is 12.2 Å². The highest BCUT2D eigenvalue weighted by molar-refractivity contribution is 4.53. The molecular formula is C11H26N2. The number of hydrogen-bond acceptors (Lipinski definition) is 2. The number of nitrogens with one attached hydrogen (secondary N) is 1. The molecule has 0 heterocycles. The monoisotopic (exact) mass is 186 g/mol. The summed E-state index contributed by atoms with van der Waals surface area (Å²) in [6.07, 6.45) is 9.33. The smallest absolute Gasteiger partial charge is 0.00104 e. The standard InChI is InChI=1S/C11H26N2/c1-11(12)9-7-5-3-4-6-8-10-13-2/h11,13H,3-10,12H2,1-2H3. The third-order valence-electron chi connectivity index (χ3n) is 2.34. The van der Waals surface area contributed by atoms with Crippen molar-refractivity contribution < 1.29 is 0 Å². The molecule has 1 unspecified atom stereocenters. The van der Waals surface area contributed by atoms with E-state index in [-0.39, 0.29) is 0 Å². The van der Waals surface area contributed by atoms with Crippen molar-refractivity contribution in [3.05, 3.63) is 0 Å². The molecule has 0 saturated carbocycles. The summed E-state index contributed by atoms with van der Waals surface area (Å²) in [5.74, 6) is 0. The quantitative estimate of drug-likeness (QED) is 0.542. The molecule has 0 bridgehead atoms. The lowest BCUT2D eigenvalue weighted by Crippen LogP contribution is -2.13. The highest BCUT2D eigenvalue weighted by atomic mass is 14.8. The summed E-state index contributed by atoms with van der Waals surface area (Å²) < 4.78 is 0. The predicted octanol–water partition coefficient (Wildman–Crippen LogP) is 2.28. The van der Waals surface area contributed by atoms with Crippen LogP contribution in [0, 0.1) is 0 Å². The molecule has 0 radical (unpaired) electrons. The zero-order valence-electron chi connectivity index (χ0n) is 9.31. The minimum absolute atomic E-state index is 0.393. The SMILES string of the molecule is CNCCCCCCCCC(C)N. The Balaban J connectivity index is 2.84. The molecular weight excluding hydrogens is 160 g/mol. The van der Waals surface area contributed by atoms with Gasteiger partial charge in [-0.1, -0.05) is 32.1 Å². The highest BCUT2D eigenvalue weighted by Crippen LogP contribution is 2.07. The van der Waals surface area contributed by atoms with Crippen LogP contribution in [-0.4, -0.2) is 19.6 Å². The molecule has 2 nitrogen and oxygen atoms in total. The van der Waals surface area contributed by atoms with Gasteiger partial charge < -0.3 is 11.1 Å². The summed E-state index contributed by atoms with van der Waals surface area (Å²) in [7, 11) is 2.02. The second-order valence-corrected chi connectivity index (χ2v) is 3.99. The molecule has 0 amide bonds. The minimum atomic E-state index is 0.393. The maximum Gasteiger partial charge on any atom is 0.00104 e. The molecule has 0 fully saturated rings. The average Bonchev–Trinajstić information content (AvgIpc) is 2.09. The number of nitrogens with two attached hydrogens (primary N) is 1. The second-order valence-electron chi connectivity index (χ2n) is 3.99. The van der Waals surface area contributed by atoms with Crippen LogP contribution in [0.4, 0.5) is 0 Å². The number of hydrogen-bond donors (Lipinski definition) is 2. The first-order valence-electron chi connectivity index (χ1n) is 5.67. The molecule has 0 rings (SSSR count). The van der Waals surface area contributed by atoms with E-state index < -0.39 is 0 Å². The van der Waals surface area contributed by atoms with E-state index in [0.717, 1.165) is 0 Å². The molecule has 0 aromatic heterocycles. The molecule has 3 N–H and O–H groups in total. The minimum Gasteiger partial charge on any atom is -0.328 e. The first-order chi connectivity index (χ1) is 6.27. The van der Waals surface area contributed by atoms with Gasteiger partial charge in [0.15, 0.2) is 0 Å². The van der Waals surface area contributed by atoms with Gasteiger partial charge in [-0.25, -0.2) is 0 Å². The van der Waals surface area contributed by atoms with Gasteiger partial charge in [-0.05, 0) is 33.4 Å². The molecule has 1 atom stereocenters. The van der Waals surface area contributed by atoms with Gasteiger partial charge in [0, 0.05) is 6.04 Å². The Bertz CT molecular complexity index is 92.1. The fraction of sp³-hybridized carbons (Fsp3) is 1.00. The van der Waals surface area contributed by atoms with E-state index in [4.69, 9.17) is 5.73 Å². The van der Waals surface area contributed by atoms with Crippen LogP contribution in [0.3, 0.4) is 0 Å². The van der Waals surface area contributed by atoms with Crippen molar-refractivity contribution in [3.8, 4) is 0 Å². The number of rotatable bonds is 9. The Morgan fingerprint density at radius 3 is 2.08 bits per heavy atom. The highest BCUT2D eigenvalue weighted by Gasteiger charge is 1.94. The Labute approximate surface area is 83.3 Å².